The Morgan fingerprint density at radius 1 is 1.15 bits per heavy atom. The molecule has 2 heterocycles. The van der Waals surface area contributed by atoms with Gasteiger partial charge in [-0.3, -0.25) is 4.79 Å². The molecule has 0 unspecified atom stereocenters. The second-order valence-electron chi connectivity index (χ2n) is 11.8. The van der Waals surface area contributed by atoms with Gasteiger partial charge in [-0.05, 0) is 76.1 Å². The van der Waals surface area contributed by atoms with E-state index >= 15 is 0 Å². The molecule has 1 fully saturated rings. The zero-order valence-corrected chi connectivity index (χ0v) is 27.9. The monoisotopic (exact) mass is 668 g/mol. The summed E-state index contributed by atoms with van der Waals surface area (Å²) in [4.78, 5) is 32.1. The third-order valence-corrected chi connectivity index (χ3v) is 8.92. The Labute approximate surface area is 273 Å². The van der Waals surface area contributed by atoms with Crippen molar-refractivity contribution < 1.29 is 27.5 Å². The molecule has 1 aliphatic rings. The van der Waals surface area contributed by atoms with Crippen LogP contribution in [-0.4, -0.2) is 56.9 Å². The Balaban J connectivity index is 1.72. The molecule has 1 saturated heterocycles. The predicted octanol–water partition coefficient (Wildman–Crippen LogP) is 5.10. The number of alkyl carbamates (subject to hydrolysis) is 1. The summed E-state index contributed by atoms with van der Waals surface area (Å²) < 4.78 is 38.4. The molecule has 3 aromatic rings. The third-order valence-electron chi connectivity index (χ3n) is 6.89. The molecule has 0 spiro atoms. The van der Waals surface area contributed by atoms with Gasteiger partial charge in [0, 0.05) is 43.0 Å². The van der Waals surface area contributed by atoms with Crippen LogP contribution >= 0.6 is 11.3 Å². The van der Waals surface area contributed by atoms with Crippen LogP contribution in [0.25, 0.3) is 5.57 Å². The summed E-state index contributed by atoms with van der Waals surface area (Å²) in [6.45, 7) is 6.63. The maximum Gasteiger partial charge on any atom is 0.407 e. The Hall–Kier alpha value is -4.56. The lowest BCUT2D eigenvalue weighted by atomic mass is 9.97. The van der Waals surface area contributed by atoms with Gasteiger partial charge in [-0.25, -0.2) is 18.2 Å². The lowest BCUT2D eigenvalue weighted by molar-refractivity contribution is 0.0517. The van der Waals surface area contributed by atoms with Crippen molar-refractivity contribution in [1.82, 2.24) is 10.3 Å². The second kappa shape index (κ2) is 14.7. The zero-order valence-electron chi connectivity index (χ0n) is 26.3. The number of hydrogen-bond donors (Lipinski definition) is 4. The first-order chi connectivity index (χ1) is 21.8. The second-order valence-corrected chi connectivity index (χ2v) is 14.6. The van der Waals surface area contributed by atoms with Crippen molar-refractivity contribution in [3.63, 3.8) is 0 Å². The molecular formula is C32H40N6O6S2. The van der Waals surface area contributed by atoms with Crippen LogP contribution in [0.5, 0.6) is 11.5 Å². The van der Waals surface area contributed by atoms with Gasteiger partial charge in [0.15, 0.2) is 9.84 Å². The number of carbonyl (C=O) groups is 2. The summed E-state index contributed by atoms with van der Waals surface area (Å²) >= 11 is 1.22. The standard InChI is InChI=1S/C32H40N6O6S2/c1-32(2,3)44-31(40)35-18-21-9-8-16-38(19-21)27-24(36-29(39)25-20-45-30(37-25)22(17-34)14-15-33)12-13-26(28(27)46(4,41)42)43-23-10-6-5-7-11-23/h5-7,10-15,17,20-21H,8-9,16,18-19,33-34H2,1-4H3,(H,35,40)(H,36,39)/b15-14-,22-17+/t21-/m0/s1. The van der Waals surface area contributed by atoms with Crippen molar-refractivity contribution in [2.75, 3.05) is 36.1 Å². The first-order valence-electron chi connectivity index (χ1n) is 14.7. The summed E-state index contributed by atoms with van der Waals surface area (Å²) in [5.41, 5.74) is 11.8. The quantitative estimate of drug-likeness (QED) is 0.212. The van der Waals surface area contributed by atoms with Gasteiger partial charge >= 0.3 is 6.09 Å². The summed E-state index contributed by atoms with van der Waals surface area (Å²) in [5.74, 6) is 0.0266. The Kier molecular flexibility index (Phi) is 11.0. The fraction of sp³-hybridized carbons (Fsp3) is 0.344. The smallest absolute Gasteiger partial charge is 0.407 e. The van der Waals surface area contributed by atoms with Gasteiger partial charge in [0.2, 0.25) is 0 Å². The first-order valence-corrected chi connectivity index (χ1v) is 17.5. The highest BCUT2D eigenvalue weighted by Crippen LogP contribution is 2.43. The highest BCUT2D eigenvalue weighted by atomic mass is 32.2. The van der Waals surface area contributed by atoms with E-state index in [2.05, 4.69) is 15.6 Å². The number of carbonyl (C=O) groups excluding carboxylic acids is 2. The van der Waals surface area contributed by atoms with Crippen molar-refractivity contribution in [2.45, 2.75) is 44.1 Å². The minimum atomic E-state index is -3.90. The van der Waals surface area contributed by atoms with E-state index in [9.17, 15) is 18.0 Å². The summed E-state index contributed by atoms with van der Waals surface area (Å²) in [6.07, 6.45) is 6.36. The van der Waals surface area contributed by atoms with Gasteiger partial charge in [-0.15, -0.1) is 11.3 Å². The lowest BCUT2D eigenvalue weighted by Gasteiger charge is -2.37. The SMILES string of the molecule is CC(C)(C)OC(=O)NC[C@@H]1CCCN(c2c(NC(=O)c3csc(C(/C=C\N)=C/N)n3)ccc(Oc3ccccc3)c2S(C)(=O)=O)C1. The number of thiazole rings is 1. The van der Waals surface area contributed by atoms with Gasteiger partial charge in [-0.2, -0.15) is 0 Å². The number of nitrogens with two attached hydrogens (primary N) is 2. The van der Waals surface area contributed by atoms with E-state index in [1.54, 1.807) is 62.6 Å². The molecule has 2 amide bonds. The van der Waals surface area contributed by atoms with Crippen LogP contribution in [0.1, 0.15) is 49.1 Å². The number of hydrogen-bond acceptors (Lipinski definition) is 11. The van der Waals surface area contributed by atoms with E-state index in [1.807, 2.05) is 11.0 Å². The first kappa shape index (κ1) is 34.3. The molecule has 0 saturated carbocycles. The van der Waals surface area contributed by atoms with Crippen LogP contribution < -0.4 is 31.7 Å². The van der Waals surface area contributed by atoms with Gasteiger partial charge in [0.1, 0.15) is 32.7 Å². The molecule has 1 aliphatic heterocycles. The average molecular weight is 669 g/mol. The Morgan fingerprint density at radius 2 is 1.89 bits per heavy atom. The van der Waals surface area contributed by atoms with Crippen LogP contribution in [0, 0.1) is 5.92 Å². The fourth-order valence-electron chi connectivity index (χ4n) is 5.00. The lowest BCUT2D eigenvalue weighted by Crippen LogP contribution is -2.43. The van der Waals surface area contributed by atoms with E-state index in [-0.39, 0.29) is 27.9 Å². The van der Waals surface area contributed by atoms with Crippen molar-refractivity contribution in [3.05, 3.63) is 77.0 Å². The number of allylic oxidation sites excluding steroid dienone is 2. The van der Waals surface area contributed by atoms with Crippen LogP contribution in [0.15, 0.2) is 71.2 Å². The van der Waals surface area contributed by atoms with Crippen molar-refractivity contribution in [2.24, 2.45) is 17.4 Å². The number of amides is 2. The van der Waals surface area contributed by atoms with Crippen molar-refractivity contribution in [1.29, 1.82) is 0 Å². The third kappa shape index (κ3) is 9.01. The number of anilines is 2. The van der Waals surface area contributed by atoms with Crippen LogP contribution in [0.2, 0.25) is 0 Å². The van der Waals surface area contributed by atoms with E-state index in [4.69, 9.17) is 20.9 Å². The minimum absolute atomic E-state index is 0.0194. The van der Waals surface area contributed by atoms with Gasteiger partial charge in [0.05, 0.1) is 11.4 Å². The number of nitrogens with one attached hydrogen (secondary N) is 2. The van der Waals surface area contributed by atoms with E-state index in [1.165, 1.54) is 29.8 Å². The molecule has 1 aromatic heterocycles. The van der Waals surface area contributed by atoms with E-state index in [0.29, 0.717) is 41.7 Å². The Bertz CT molecular complexity index is 1710. The van der Waals surface area contributed by atoms with Gasteiger partial charge in [-0.1, -0.05) is 18.2 Å². The summed E-state index contributed by atoms with van der Waals surface area (Å²) in [6, 6.07) is 12.0. The fourth-order valence-corrected chi connectivity index (χ4v) is 6.87. The zero-order chi connectivity index (χ0) is 33.5. The molecule has 6 N–H and O–H groups in total. The summed E-state index contributed by atoms with van der Waals surface area (Å²) in [7, 11) is -3.90. The largest absolute Gasteiger partial charge is 0.456 e. The molecule has 2 aromatic carbocycles. The van der Waals surface area contributed by atoms with E-state index in [0.717, 1.165) is 19.1 Å². The van der Waals surface area contributed by atoms with Crippen molar-refractivity contribution >= 4 is 50.1 Å². The number of para-hydroxylation sites is 1. The number of rotatable bonds is 10. The summed E-state index contributed by atoms with van der Waals surface area (Å²) in [5, 5.41) is 7.79. The molecule has 46 heavy (non-hydrogen) atoms. The molecule has 0 aliphatic carbocycles. The normalized spacial score (nSPS) is 15.9. The molecule has 0 radical (unpaired) electrons. The number of aromatic nitrogens is 1. The average Bonchev–Trinajstić information content (AvgIpc) is 3.49. The molecule has 12 nitrogen and oxygen atoms in total. The number of sulfone groups is 1. The molecule has 246 valence electrons. The molecule has 4 rings (SSSR count). The minimum Gasteiger partial charge on any atom is -0.456 e. The Morgan fingerprint density at radius 3 is 2.54 bits per heavy atom. The van der Waals surface area contributed by atoms with Gasteiger partial charge in [0.25, 0.3) is 5.91 Å². The number of benzene rings is 2. The van der Waals surface area contributed by atoms with Crippen LogP contribution in [-0.2, 0) is 14.6 Å². The van der Waals surface area contributed by atoms with Gasteiger partial charge < -0.3 is 36.5 Å². The highest BCUT2D eigenvalue weighted by Gasteiger charge is 2.31. The number of nitrogens with zero attached hydrogens (tertiary/aromatic N) is 2. The maximum absolute atomic E-state index is 13.5. The maximum atomic E-state index is 13.5. The van der Waals surface area contributed by atoms with Crippen LogP contribution in [0.3, 0.4) is 0 Å². The number of piperidine rings is 1. The van der Waals surface area contributed by atoms with E-state index < -0.39 is 27.4 Å². The highest BCUT2D eigenvalue weighted by molar-refractivity contribution is 7.91. The van der Waals surface area contributed by atoms with Crippen LogP contribution in [0.4, 0.5) is 16.2 Å². The molecule has 1 atom stereocenters. The predicted molar refractivity (Wildman–Crippen MR) is 181 cm³/mol. The number of ether oxygens (including phenoxy) is 2. The molecule has 0 bridgehead atoms. The van der Waals surface area contributed by atoms with Crippen molar-refractivity contribution in [3.8, 4) is 11.5 Å². The molecule has 14 heteroatoms. The topological polar surface area (TPSA) is 179 Å². The molecular weight excluding hydrogens is 629 g/mol.